The van der Waals surface area contributed by atoms with E-state index in [0.717, 1.165) is 4.47 Å². The highest BCUT2D eigenvalue weighted by molar-refractivity contribution is 9.10. The third-order valence-corrected chi connectivity index (χ3v) is 3.99. The van der Waals surface area contributed by atoms with Crippen LogP contribution in [-0.2, 0) is 6.54 Å². The summed E-state index contributed by atoms with van der Waals surface area (Å²) in [4.78, 5) is 9.46. The molecular weight excluding hydrogens is 324 g/mol. The predicted octanol–water partition coefficient (Wildman–Crippen LogP) is 3.61. The van der Waals surface area contributed by atoms with E-state index >= 15 is 0 Å². The van der Waals surface area contributed by atoms with Gasteiger partial charge in [0.1, 0.15) is 5.02 Å². The smallest absolute Gasteiger partial charge is 0.224 e. The van der Waals surface area contributed by atoms with Crippen LogP contribution >= 0.6 is 38.9 Å². The average Bonchev–Trinajstić information content (AvgIpc) is 2.74. The molecule has 7 heteroatoms. The van der Waals surface area contributed by atoms with Gasteiger partial charge in [0.05, 0.1) is 12.7 Å². The lowest BCUT2D eigenvalue weighted by molar-refractivity contribution is 1.09. The Kier molecular flexibility index (Phi) is 4.20. The van der Waals surface area contributed by atoms with Crippen LogP contribution in [-0.4, -0.2) is 17.0 Å². The van der Waals surface area contributed by atoms with Gasteiger partial charge in [-0.25, -0.2) is 4.98 Å². The zero-order valence-electron chi connectivity index (χ0n) is 9.00. The summed E-state index contributed by atoms with van der Waals surface area (Å²) < 4.78 is 1.09. The molecule has 0 aliphatic carbocycles. The molecule has 0 spiro atoms. The molecule has 0 fully saturated rings. The van der Waals surface area contributed by atoms with Crippen LogP contribution in [0, 0.1) is 0 Å². The minimum atomic E-state index is 0.514. The molecule has 2 N–H and O–H groups in total. The Morgan fingerprint density at radius 2 is 2.35 bits per heavy atom. The summed E-state index contributed by atoms with van der Waals surface area (Å²) in [6.45, 7) is 0.691. The number of thiophene rings is 1. The van der Waals surface area contributed by atoms with Gasteiger partial charge in [-0.1, -0.05) is 11.6 Å². The predicted molar refractivity (Wildman–Crippen MR) is 75.9 cm³/mol. The second-order valence-corrected chi connectivity index (χ2v) is 5.54. The normalized spacial score (nSPS) is 10.3. The van der Waals surface area contributed by atoms with Gasteiger partial charge in [-0.3, -0.25) is 0 Å². The third kappa shape index (κ3) is 3.31. The van der Waals surface area contributed by atoms with Crippen LogP contribution in [0.2, 0.25) is 5.02 Å². The molecule has 2 aromatic heterocycles. The van der Waals surface area contributed by atoms with E-state index in [4.69, 9.17) is 11.6 Å². The molecule has 0 atom stereocenters. The molecule has 0 aromatic carbocycles. The highest BCUT2D eigenvalue weighted by Crippen LogP contribution is 2.23. The number of nitrogens with one attached hydrogen (secondary N) is 2. The van der Waals surface area contributed by atoms with E-state index in [1.807, 2.05) is 5.38 Å². The number of halogens is 2. The monoisotopic (exact) mass is 332 g/mol. The maximum atomic E-state index is 6.00. The van der Waals surface area contributed by atoms with Crippen molar-refractivity contribution in [3.63, 3.8) is 0 Å². The van der Waals surface area contributed by atoms with Crippen molar-refractivity contribution in [1.82, 2.24) is 9.97 Å². The van der Waals surface area contributed by atoms with Crippen LogP contribution in [0.15, 0.2) is 22.1 Å². The van der Waals surface area contributed by atoms with Gasteiger partial charge < -0.3 is 10.6 Å². The zero-order chi connectivity index (χ0) is 12.3. The molecule has 4 nitrogen and oxygen atoms in total. The summed E-state index contributed by atoms with van der Waals surface area (Å²) in [6, 6.07) is 2.06. The number of rotatable bonds is 4. The van der Waals surface area contributed by atoms with Crippen molar-refractivity contribution < 1.29 is 0 Å². The lowest BCUT2D eigenvalue weighted by atomic mass is 10.4. The first-order chi connectivity index (χ1) is 8.19. The lowest BCUT2D eigenvalue weighted by Crippen LogP contribution is -2.04. The van der Waals surface area contributed by atoms with Crippen molar-refractivity contribution in [2.45, 2.75) is 6.54 Å². The van der Waals surface area contributed by atoms with E-state index in [0.29, 0.717) is 23.3 Å². The highest BCUT2D eigenvalue weighted by atomic mass is 79.9. The highest BCUT2D eigenvalue weighted by Gasteiger charge is 2.05. The van der Waals surface area contributed by atoms with Crippen molar-refractivity contribution in [2.75, 3.05) is 17.7 Å². The van der Waals surface area contributed by atoms with Gasteiger partial charge in [0.25, 0.3) is 0 Å². The van der Waals surface area contributed by atoms with E-state index in [1.165, 1.54) is 4.88 Å². The van der Waals surface area contributed by atoms with Crippen molar-refractivity contribution in [1.29, 1.82) is 0 Å². The molecule has 90 valence electrons. The number of hydrogen-bond donors (Lipinski definition) is 2. The summed E-state index contributed by atoms with van der Waals surface area (Å²) in [5.41, 5.74) is 0. The van der Waals surface area contributed by atoms with E-state index in [9.17, 15) is 0 Å². The second-order valence-electron chi connectivity index (χ2n) is 3.22. The van der Waals surface area contributed by atoms with Crippen molar-refractivity contribution >= 4 is 50.6 Å². The number of anilines is 2. The lowest BCUT2D eigenvalue weighted by Gasteiger charge is -2.07. The van der Waals surface area contributed by atoms with E-state index in [2.05, 4.69) is 42.6 Å². The summed E-state index contributed by atoms with van der Waals surface area (Å²) in [5, 5.41) is 8.61. The molecule has 0 unspecified atom stereocenters. The molecule has 0 saturated carbocycles. The van der Waals surface area contributed by atoms with Gasteiger partial charge in [0.15, 0.2) is 5.82 Å². The molecule has 0 radical (unpaired) electrons. The van der Waals surface area contributed by atoms with Crippen molar-refractivity contribution in [2.24, 2.45) is 0 Å². The first kappa shape index (κ1) is 12.6. The minimum Gasteiger partial charge on any atom is -0.364 e. The molecule has 0 amide bonds. The molecule has 0 bridgehead atoms. The molecule has 2 rings (SSSR count). The maximum Gasteiger partial charge on any atom is 0.224 e. The van der Waals surface area contributed by atoms with Crippen LogP contribution < -0.4 is 10.6 Å². The first-order valence-corrected chi connectivity index (χ1v) is 6.91. The third-order valence-electron chi connectivity index (χ3n) is 2.02. The van der Waals surface area contributed by atoms with Crippen LogP contribution in [0.1, 0.15) is 4.88 Å². The van der Waals surface area contributed by atoms with E-state index < -0.39 is 0 Å². The maximum absolute atomic E-state index is 6.00. The number of hydrogen-bond acceptors (Lipinski definition) is 5. The quantitative estimate of drug-likeness (QED) is 0.897. The van der Waals surface area contributed by atoms with Crippen LogP contribution in [0.4, 0.5) is 11.8 Å². The van der Waals surface area contributed by atoms with Crippen LogP contribution in [0.3, 0.4) is 0 Å². The average molecular weight is 334 g/mol. The number of nitrogens with zero attached hydrogens (tertiary/aromatic N) is 2. The number of aromatic nitrogens is 2. The standard InChI is InChI=1S/C10H10BrClN4S/c1-13-10-15-4-8(12)9(16-10)14-3-7-2-6(11)5-17-7/h2,4-5H,3H2,1H3,(H2,13,14,15,16). The fourth-order valence-electron chi connectivity index (χ4n) is 1.23. The van der Waals surface area contributed by atoms with Crippen molar-refractivity contribution in [3.05, 3.63) is 32.0 Å². The Balaban J connectivity index is 2.07. The van der Waals surface area contributed by atoms with E-state index in [-0.39, 0.29) is 0 Å². The van der Waals surface area contributed by atoms with Crippen LogP contribution in [0.5, 0.6) is 0 Å². The SMILES string of the molecule is CNc1ncc(Cl)c(NCc2cc(Br)cs2)n1. The van der Waals surface area contributed by atoms with Gasteiger partial charge in [-0.2, -0.15) is 4.98 Å². The van der Waals surface area contributed by atoms with Gasteiger partial charge in [-0.05, 0) is 22.0 Å². The molecular formula is C10H10BrClN4S. The van der Waals surface area contributed by atoms with Crippen molar-refractivity contribution in [3.8, 4) is 0 Å². The van der Waals surface area contributed by atoms with Gasteiger partial charge in [-0.15, -0.1) is 11.3 Å². The minimum absolute atomic E-state index is 0.514. The van der Waals surface area contributed by atoms with E-state index in [1.54, 1.807) is 24.6 Å². The summed E-state index contributed by atoms with van der Waals surface area (Å²) in [5.74, 6) is 1.18. The summed E-state index contributed by atoms with van der Waals surface area (Å²) in [7, 11) is 1.77. The zero-order valence-corrected chi connectivity index (χ0v) is 12.2. The summed E-state index contributed by atoms with van der Waals surface area (Å²) >= 11 is 11.1. The second kappa shape index (κ2) is 5.66. The topological polar surface area (TPSA) is 49.8 Å². The Hall–Kier alpha value is -0.850. The van der Waals surface area contributed by atoms with Gasteiger partial charge in [0, 0.05) is 21.8 Å². The molecule has 0 aliphatic rings. The van der Waals surface area contributed by atoms with Gasteiger partial charge >= 0.3 is 0 Å². The summed E-state index contributed by atoms with van der Waals surface area (Å²) in [6.07, 6.45) is 1.58. The fraction of sp³-hybridized carbons (Fsp3) is 0.200. The molecule has 2 aromatic rings. The first-order valence-electron chi connectivity index (χ1n) is 4.86. The molecule has 17 heavy (non-hydrogen) atoms. The Morgan fingerprint density at radius 3 is 3.00 bits per heavy atom. The fourth-order valence-corrected chi connectivity index (χ4v) is 2.78. The Bertz CT molecular complexity index is 517. The molecule has 0 saturated heterocycles. The Labute approximate surface area is 117 Å². The largest absolute Gasteiger partial charge is 0.364 e. The molecule has 0 aliphatic heterocycles. The van der Waals surface area contributed by atoms with Crippen LogP contribution in [0.25, 0.3) is 0 Å². The Morgan fingerprint density at radius 1 is 1.53 bits per heavy atom. The molecule has 2 heterocycles. The van der Waals surface area contributed by atoms with Gasteiger partial charge in [0.2, 0.25) is 5.95 Å².